The van der Waals surface area contributed by atoms with Gasteiger partial charge < -0.3 is 10.2 Å². The molecule has 0 bridgehead atoms. The van der Waals surface area contributed by atoms with Crippen LogP contribution in [0, 0.1) is 12.3 Å². The molecule has 1 amide bonds. The lowest BCUT2D eigenvalue weighted by Crippen LogP contribution is -2.65. The first-order chi connectivity index (χ1) is 13.6. The summed E-state index contributed by atoms with van der Waals surface area (Å²) in [6, 6.07) is 0.226. The summed E-state index contributed by atoms with van der Waals surface area (Å²) in [6.07, 6.45) is 8.35. The molecule has 0 saturated carbocycles. The van der Waals surface area contributed by atoms with Crippen molar-refractivity contribution in [2.75, 3.05) is 26.7 Å². The van der Waals surface area contributed by atoms with Crippen molar-refractivity contribution in [2.45, 2.75) is 45.3 Å². The van der Waals surface area contributed by atoms with E-state index in [9.17, 15) is 4.79 Å². The molecule has 2 saturated heterocycles. The van der Waals surface area contributed by atoms with Crippen molar-refractivity contribution >= 4 is 17.4 Å². The second-order valence-corrected chi connectivity index (χ2v) is 8.78. The Hall–Kier alpha value is -1.90. The van der Waals surface area contributed by atoms with Crippen molar-refractivity contribution in [3.05, 3.63) is 40.9 Å². The van der Waals surface area contributed by atoms with E-state index in [0.717, 1.165) is 56.8 Å². The molecule has 2 aliphatic rings. The second kappa shape index (κ2) is 8.23. The number of rotatable bonds is 5. The van der Waals surface area contributed by atoms with Crippen molar-refractivity contribution in [1.29, 1.82) is 0 Å². The first-order valence-electron chi connectivity index (χ1n) is 9.93. The molecular weight excluding hydrogens is 372 g/mol. The quantitative estimate of drug-likeness (QED) is 0.826. The summed E-state index contributed by atoms with van der Waals surface area (Å²) in [7, 11) is 2.16. The van der Waals surface area contributed by atoms with E-state index in [2.05, 4.69) is 41.9 Å². The Morgan fingerprint density at radius 1 is 1.29 bits per heavy atom. The van der Waals surface area contributed by atoms with Crippen LogP contribution in [0.4, 0.5) is 0 Å². The molecule has 8 heteroatoms. The minimum Gasteiger partial charge on any atom is -0.350 e. The predicted octanol–water partition coefficient (Wildman–Crippen LogP) is 1.84. The number of likely N-dealkylation sites (N-methyl/N-ethyl adjacent to an activating group) is 1. The fourth-order valence-corrected chi connectivity index (χ4v) is 5.12. The van der Waals surface area contributed by atoms with Crippen LogP contribution in [0.15, 0.2) is 24.0 Å². The SMILES string of the molecule is Cc1cnc(CNC(=O)[C@@]23CCCN(Cc4cnsc4)[C@H]2CN(C)CC3)cn1. The first kappa shape index (κ1) is 19.4. The lowest BCUT2D eigenvalue weighted by atomic mass is 9.67. The highest BCUT2D eigenvalue weighted by Gasteiger charge is 2.52. The van der Waals surface area contributed by atoms with Crippen molar-refractivity contribution in [3.8, 4) is 0 Å². The molecule has 2 aromatic heterocycles. The highest BCUT2D eigenvalue weighted by molar-refractivity contribution is 7.03. The van der Waals surface area contributed by atoms with E-state index in [4.69, 9.17) is 0 Å². The van der Waals surface area contributed by atoms with Crippen molar-refractivity contribution in [1.82, 2.24) is 29.5 Å². The normalized spacial score (nSPS) is 26.0. The minimum atomic E-state index is -0.327. The van der Waals surface area contributed by atoms with Crippen LogP contribution in [-0.2, 0) is 17.9 Å². The first-order valence-corrected chi connectivity index (χ1v) is 10.8. The van der Waals surface area contributed by atoms with E-state index in [-0.39, 0.29) is 17.4 Å². The zero-order chi connectivity index (χ0) is 19.6. The van der Waals surface area contributed by atoms with E-state index in [1.165, 1.54) is 17.1 Å². The fourth-order valence-electron chi connectivity index (χ4n) is 4.59. The molecule has 4 rings (SSSR count). The molecular formula is C20H28N6OS. The minimum absolute atomic E-state index is 0.168. The van der Waals surface area contributed by atoms with Gasteiger partial charge >= 0.3 is 0 Å². The third-order valence-electron chi connectivity index (χ3n) is 6.16. The molecule has 2 aromatic rings. The average Bonchev–Trinajstić information content (AvgIpc) is 3.21. The van der Waals surface area contributed by atoms with Crippen LogP contribution in [0.5, 0.6) is 0 Å². The number of nitrogens with zero attached hydrogens (tertiary/aromatic N) is 5. The number of hydrogen-bond acceptors (Lipinski definition) is 7. The van der Waals surface area contributed by atoms with Gasteiger partial charge in [0, 0.05) is 36.9 Å². The van der Waals surface area contributed by atoms with Crippen LogP contribution in [0.2, 0.25) is 0 Å². The van der Waals surface area contributed by atoms with Crippen LogP contribution in [0.25, 0.3) is 0 Å². The van der Waals surface area contributed by atoms with E-state index >= 15 is 0 Å². The monoisotopic (exact) mass is 400 g/mol. The highest BCUT2D eigenvalue weighted by Crippen LogP contribution is 2.43. The Morgan fingerprint density at radius 3 is 2.93 bits per heavy atom. The number of aromatic nitrogens is 3. The van der Waals surface area contributed by atoms with Crippen LogP contribution < -0.4 is 5.32 Å². The summed E-state index contributed by atoms with van der Waals surface area (Å²) in [5.41, 5.74) is 2.60. The number of piperidine rings is 2. The fraction of sp³-hybridized carbons (Fsp3) is 0.600. The van der Waals surface area contributed by atoms with Crippen molar-refractivity contribution in [2.24, 2.45) is 5.41 Å². The molecule has 4 heterocycles. The number of carbonyl (C=O) groups is 1. The second-order valence-electron chi connectivity index (χ2n) is 8.12. The van der Waals surface area contributed by atoms with Crippen molar-refractivity contribution in [3.63, 3.8) is 0 Å². The molecule has 150 valence electrons. The molecule has 0 aromatic carbocycles. The number of aryl methyl sites for hydroxylation is 1. The standard InChI is InChI=1S/C20H28N6OS/c1-15-8-22-17(10-21-15)11-23-19(27)20-4-3-6-26(12-16-9-24-28-14-16)18(20)13-25(2)7-5-20/h8-10,14,18H,3-7,11-13H2,1-2H3,(H,23,27)/t18-,20+/m0/s1. The van der Waals surface area contributed by atoms with E-state index < -0.39 is 0 Å². The van der Waals surface area contributed by atoms with E-state index in [1.54, 1.807) is 12.4 Å². The predicted molar refractivity (Wildman–Crippen MR) is 109 cm³/mol. The van der Waals surface area contributed by atoms with Crippen LogP contribution in [-0.4, -0.2) is 62.8 Å². The molecule has 7 nitrogen and oxygen atoms in total. The maximum Gasteiger partial charge on any atom is 0.228 e. The molecule has 0 radical (unpaired) electrons. The van der Waals surface area contributed by atoms with Gasteiger partial charge in [0.1, 0.15) is 0 Å². The smallest absolute Gasteiger partial charge is 0.228 e. The maximum absolute atomic E-state index is 13.4. The van der Waals surface area contributed by atoms with Gasteiger partial charge in [-0.1, -0.05) is 0 Å². The summed E-state index contributed by atoms with van der Waals surface area (Å²) in [5.74, 6) is 0.168. The highest BCUT2D eigenvalue weighted by atomic mass is 32.1. The molecule has 1 N–H and O–H groups in total. The maximum atomic E-state index is 13.4. The topological polar surface area (TPSA) is 74.2 Å². The number of likely N-dealkylation sites (tertiary alicyclic amines) is 2. The third-order valence-corrected chi connectivity index (χ3v) is 6.79. The zero-order valence-electron chi connectivity index (χ0n) is 16.6. The van der Waals surface area contributed by atoms with Crippen molar-refractivity contribution < 1.29 is 4.79 Å². The summed E-state index contributed by atoms with van der Waals surface area (Å²) in [4.78, 5) is 26.9. The lowest BCUT2D eigenvalue weighted by molar-refractivity contribution is -0.145. The van der Waals surface area contributed by atoms with Gasteiger partial charge in [-0.3, -0.25) is 19.7 Å². The molecule has 2 atom stereocenters. The number of amides is 1. The van der Waals surface area contributed by atoms with Crippen LogP contribution in [0.1, 0.15) is 36.2 Å². The number of hydrogen-bond donors (Lipinski definition) is 1. The third kappa shape index (κ3) is 3.94. The van der Waals surface area contributed by atoms with Gasteiger partial charge in [-0.05, 0) is 63.4 Å². The van der Waals surface area contributed by atoms with Gasteiger partial charge in [0.05, 0.1) is 29.5 Å². The molecule has 2 aliphatic heterocycles. The Balaban J connectivity index is 1.51. The molecule has 2 fully saturated rings. The Bertz CT molecular complexity index is 796. The molecule has 0 unspecified atom stereocenters. The molecule has 28 heavy (non-hydrogen) atoms. The average molecular weight is 401 g/mol. The van der Waals surface area contributed by atoms with Gasteiger partial charge in [0.25, 0.3) is 0 Å². The zero-order valence-corrected chi connectivity index (χ0v) is 17.4. The van der Waals surface area contributed by atoms with Gasteiger partial charge in [0.15, 0.2) is 0 Å². The largest absolute Gasteiger partial charge is 0.350 e. The number of nitrogens with one attached hydrogen (secondary N) is 1. The van der Waals surface area contributed by atoms with Gasteiger partial charge in [-0.15, -0.1) is 0 Å². The number of carbonyl (C=O) groups excluding carboxylic acids is 1. The summed E-state index contributed by atoms with van der Waals surface area (Å²) < 4.78 is 4.24. The summed E-state index contributed by atoms with van der Waals surface area (Å²) in [6.45, 7) is 6.14. The number of fused-ring (bicyclic) bond motifs is 1. The van der Waals surface area contributed by atoms with Crippen LogP contribution in [0.3, 0.4) is 0 Å². The lowest BCUT2D eigenvalue weighted by Gasteiger charge is -2.53. The van der Waals surface area contributed by atoms with Gasteiger partial charge in [-0.2, -0.15) is 0 Å². The summed E-state index contributed by atoms with van der Waals surface area (Å²) >= 11 is 1.49. The van der Waals surface area contributed by atoms with Crippen LogP contribution >= 0.6 is 11.5 Å². The van der Waals surface area contributed by atoms with E-state index in [1.807, 2.05) is 13.1 Å². The Morgan fingerprint density at radius 2 is 2.18 bits per heavy atom. The summed E-state index contributed by atoms with van der Waals surface area (Å²) in [5, 5.41) is 5.29. The molecule has 0 spiro atoms. The Labute approximate surface area is 170 Å². The van der Waals surface area contributed by atoms with E-state index in [0.29, 0.717) is 6.54 Å². The van der Waals surface area contributed by atoms with Gasteiger partial charge in [0.2, 0.25) is 5.91 Å². The van der Waals surface area contributed by atoms with Gasteiger partial charge in [-0.25, -0.2) is 4.37 Å². The Kier molecular flexibility index (Phi) is 5.70. The molecule has 0 aliphatic carbocycles.